The van der Waals surface area contributed by atoms with Crippen LogP contribution in [-0.4, -0.2) is 66.4 Å². The van der Waals surface area contributed by atoms with Gasteiger partial charge in [-0.25, -0.2) is 0 Å². The first kappa shape index (κ1) is 20.0. The van der Waals surface area contributed by atoms with Gasteiger partial charge >= 0.3 is 17.9 Å². The second-order valence-corrected chi connectivity index (χ2v) is 5.08. The molecule has 0 rings (SSSR count). The SMILES string of the molecule is [13CH3][N+]([13CH3])([13CH3])C[C@@H](CC(=O)O)O[13C](=O)[13CH2][13CH2][13C](=O)O.[Cl-]. The van der Waals surface area contributed by atoms with Gasteiger partial charge in [-0.1, -0.05) is 0 Å². The van der Waals surface area contributed by atoms with Gasteiger partial charge in [-0.2, -0.15) is 0 Å². The fourth-order valence-electron chi connectivity index (χ4n) is 1.40. The fourth-order valence-corrected chi connectivity index (χ4v) is 1.40. The summed E-state index contributed by atoms with van der Waals surface area (Å²) >= 11 is 0. The molecule has 0 saturated heterocycles. The minimum Gasteiger partial charge on any atom is -1.00 e. The summed E-state index contributed by atoms with van der Waals surface area (Å²) in [4.78, 5) is 32.3. The smallest absolute Gasteiger partial charge is 0.307 e. The minimum atomic E-state index is -1.09. The topological polar surface area (TPSA) is 101 Å². The molecule has 0 aliphatic rings. The van der Waals surface area contributed by atoms with Crippen LogP contribution in [0.4, 0.5) is 0 Å². The van der Waals surface area contributed by atoms with Gasteiger partial charge in [-0.05, 0) is 0 Å². The first-order valence-electron chi connectivity index (χ1n) is 5.53. The third-order valence-electron chi connectivity index (χ3n) is 1.99. The lowest BCUT2D eigenvalue weighted by atomic mass is 10.2. The Bertz CT molecular complexity index is 326. The Hall–Kier alpha value is -1.34. The number of carboxylic acid groups (broad SMARTS) is 2. The Morgan fingerprint density at radius 1 is 1.05 bits per heavy atom. The van der Waals surface area contributed by atoms with Crippen molar-refractivity contribution < 1.29 is 46.2 Å². The molecule has 0 heterocycles. The van der Waals surface area contributed by atoms with Crippen LogP contribution in [-0.2, 0) is 19.1 Å². The molecule has 0 saturated carbocycles. The molecule has 0 bridgehead atoms. The Balaban J connectivity index is 0. The van der Waals surface area contributed by atoms with Crippen LogP contribution >= 0.6 is 0 Å². The molecule has 0 aliphatic carbocycles. The van der Waals surface area contributed by atoms with Crippen LogP contribution in [0.2, 0.25) is 0 Å². The standard InChI is InChI=1S/C11H19NO6.ClH/c1-12(2,3)7-8(6-10(15)16)18-11(17)5-4-9(13)14;/h8H,4-7H2,1-3H3,(H-,13,14,15,16);1H/t8-;/m1./s1/i1+1,2+1,3+1,4+1,5+1,9+1,11+1;. The maximum atomic E-state index is 11.3. The van der Waals surface area contributed by atoms with E-state index in [1.165, 1.54) is 0 Å². The second kappa shape index (κ2) is 8.71. The Morgan fingerprint density at radius 2 is 1.58 bits per heavy atom. The van der Waals surface area contributed by atoms with Crippen molar-refractivity contribution in [3.05, 3.63) is 0 Å². The third-order valence-corrected chi connectivity index (χ3v) is 1.99. The summed E-state index contributed by atoms with van der Waals surface area (Å²) in [5.74, 6) is -2.83. The summed E-state index contributed by atoms with van der Waals surface area (Å²) in [6, 6.07) is 0. The number of halogens is 1. The minimum absolute atomic E-state index is 0. The van der Waals surface area contributed by atoms with E-state index in [0.29, 0.717) is 11.0 Å². The average Bonchev–Trinajstić information content (AvgIpc) is 2.10. The quantitative estimate of drug-likeness (QED) is 0.281. The highest BCUT2D eigenvalue weighted by molar-refractivity contribution is 5.77. The van der Waals surface area contributed by atoms with E-state index in [-0.39, 0.29) is 31.7 Å². The van der Waals surface area contributed by atoms with Crippen LogP contribution in [0.25, 0.3) is 0 Å². The first-order valence-corrected chi connectivity index (χ1v) is 5.53. The highest BCUT2D eigenvalue weighted by atomic mass is 35.5. The molecule has 0 radical (unpaired) electrons. The molecule has 8 heteroatoms. The van der Waals surface area contributed by atoms with Crippen LogP contribution in [0.3, 0.4) is 0 Å². The van der Waals surface area contributed by atoms with Crippen molar-refractivity contribution in [3.63, 3.8) is 0 Å². The van der Waals surface area contributed by atoms with E-state index >= 15 is 0 Å². The molecule has 0 aromatic carbocycles. The van der Waals surface area contributed by atoms with E-state index < -0.39 is 24.0 Å². The molecular weight excluding hydrogens is 285 g/mol. The lowest BCUT2D eigenvalue weighted by Gasteiger charge is -2.28. The molecular formula is C11H20ClNO6. The van der Waals surface area contributed by atoms with Crippen molar-refractivity contribution >= 4 is 17.9 Å². The molecule has 19 heavy (non-hydrogen) atoms. The Morgan fingerprint density at radius 3 is 1.95 bits per heavy atom. The lowest BCUT2D eigenvalue weighted by molar-refractivity contribution is -0.873. The van der Waals surface area contributed by atoms with E-state index in [0.717, 1.165) is 0 Å². The highest BCUT2D eigenvalue weighted by Gasteiger charge is 2.24. The number of likely N-dealkylation sites (N-methyl/N-ethyl adjacent to an activating group) is 1. The largest absolute Gasteiger partial charge is 1.00 e. The van der Waals surface area contributed by atoms with E-state index in [2.05, 4.69) is 0 Å². The average molecular weight is 305 g/mol. The van der Waals surface area contributed by atoms with Crippen LogP contribution in [0, 0.1) is 0 Å². The summed E-state index contributed by atoms with van der Waals surface area (Å²) in [6.45, 7) is 0.352. The van der Waals surface area contributed by atoms with Crippen molar-refractivity contribution in [2.45, 2.75) is 25.4 Å². The number of carbonyl (C=O) groups is 3. The number of ether oxygens (including phenoxy) is 1. The Labute approximate surface area is 118 Å². The van der Waals surface area contributed by atoms with E-state index in [1.54, 1.807) is 0 Å². The van der Waals surface area contributed by atoms with Crippen LogP contribution in [0.15, 0.2) is 0 Å². The van der Waals surface area contributed by atoms with Crippen LogP contribution < -0.4 is 12.4 Å². The molecule has 0 fully saturated rings. The Kier molecular flexibility index (Phi) is 9.16. The summed E-state index contributed by atoms with van der Waals surface area (Å²) in [7, 11) is 5.54. The van der Waals surface area contributed by atoms with Gasteiger partial charge in [0.05, 0.1) is 40.4 Å². The zero-order chi connectivity index (χ0) is 14.3. The second-order valence-electron chi connectivity index (χ2n) is 5.08. The third kappa shape index (κ3) is 12.9. The van der Waals surface area contributed by atoms with Crippen molar-refractivity contribution in [3.8, 4) is 0 Å². The predicted molar refractivity (Wildman–Crippen MR) is 61.9 cm³/mol. The van der Waals surface area contributed by atoms with Crippen molar-refractivity contribution in [1.82, 2.24) is 0 Å². The number of nitrogens with zero attached hydrogens (tertiary/aromatic N) is 1. The maximum Gasteiger partial charge on any atom is 0.307 e. The molecule has 0 unspecified atom stereocenters. The van der Waals surface area contributed by atoms with Gasteiger partial charge in [0.25, 0.3) is 0 Å². The number of hydrogen-bond donors (Lipinski definition) is 2. The van der Waals surface area contributed by atoms with E-state index in [1.807, 2.05) is 21.1 Å². The van der Waals surface area contributed by atoms with Gasteiger partial charge in [0.2, 0.25) is 0 Å². The molecule has 0 spiro atoms. The number of aliphatic carboxylic acids is 2. The summed E-state index contributed by atoms with van der Waals surface area (Å²) in [5.41, 5.74) is 0. The highest BCUT2D eigenvalue weighted by Crippen LogP contribution is 2.07. The van der Waals surface area contributed by atoms with Gasteiger partial charge in [0.15, 0.2) is 6.10 Å². The number of esters is 1. The van der Waals surface area contributed by atoms with Gasteiger partial charge < -0.3 is 31.8 Å². The van der Waals surface area contributed by atoms with Crippen LogP contribution in [0.1, 0.15) is 19.3 Å². The number of rotatable bonds is 8. The zero-order valence-electron chi connectivity index (χ0n) is 11.3. The summed E-state index contributed by atoms with van der Waals surface area (Å²) < 4.78 is 5.44. The van der Waals surface area contributed by atoms with Crippen molar-refractivity contribution in [1.29, 1.82) is 0 Å². The summed E-state index contributed by atoms with van der Waals surface area (Å²) in [6.07, 6.45) is -1.59. The maximum absolute atomic E-state index is 11.3. The molecule has 0 aliphatic heterocycles. The molecule has 1 atom stereocenters. The van der Waals surface area contributed by atoms with Gasteiger partial charge in [0, 0.05) is 0 Å². The monoisotopic (exact) mass is 304 g/mol. The van der Waals surface area contributed by atoms with Crippen molar-refractivity contribution in [2.75, 3.05) is 27.7 Å². The molecule has 0 aromatic rings. The number of carbonyl (C=O) groups excluding carboxylic acids is 1. The molecule has 0 amide bonds. The summed E-state index contributed by atoms with van der Waals surface area (Å²) in [5, 5.41) is 17.1. The zero-order valence-corrected chi connectivity index (χ0v) is 12.0. The van der Waals surface area contributed by atoms with E-state index in [4.69, 9.17) is 14.9 Å². The lowest BCUT2D eigenvalue weighted by Crippen LogP contribution is -3.00. The number of quaternary nitrogens is 1. The van der Waals surface area contributed by atoms with Gasteiger partial charge in [0.1, 0.15) is 6.54 Å². The normalized spacial score (nSPS) is 12.2. The molecule has 7 nitrogen and oxygen atoms in total. The number of carboxylic acids is 2. The van der Waals surface area contributed by atoms with Crippen molar-refractivity contribution in [2.24, 2.45) is 0 Å². The van der Waals surface area contributed by atoms with Gasteiger partial charge in [-0.15, -0.1) is 0 Å². The molecule has 2 N–H and O–H groups in total. The molecule has 0 aromatic heterocycles. The van der Waals surface area contributed by atoms with Crippen LogP contribution in [0.5, 0.6) is 0 Å². The van der Waals surface area contributed by atoms with Gasteiger partial charge in [-0.3, -0.25) is 14.4 Å². The number of hydrogen-bond acceptors (Lipinski definition) is 4. The fraction of sp³-hybridized carbons (Fsp3) is 0.727. The predicted octanol–water partition coefficient (Wildman–Crippen LogP) is -3.05. The first-order chi connectivity index (χ1) is 8.10. The van der Waals surface area contributed by atoms with E-state index in [9.17, 15) is 14.4 Å². The molecule has 112 valence electrons.